The number of carbonyl (C=O) groups is 1. The Morgan fingerprint density at radius 3 is 2.67 bits per heavy atom. The predicted octanol–water partition coefficient (Wildman–Crippen LogP) is 1.62. The van der Waals surface area contributed by atoms with Gasteiger partial charge in [0.25, 0.3) is 0 Å². The van der Waals surface area contributed by atoms with Crippen molar-refractivity contribution in [3.8, 4) is 0 Å². The molecule has 1 heterocycles. The average molecular weight is 269 g/mol. The molecule has 1 saturated heterocycles. The molecule has 18 heavy (non-hydrogen) atoms. The van der Waals surface area contributed by atoms with Crippen LogP contribution in [0.4, 0.5) is 5.69 Å². The molecule has 0 saturated carbocycles. The van der Waals surface area contributed by atoms with E-state index in [1.807, 2.05) is 0 Å². The van der Waals surface area contributed by atoms with Crippen LogP contribution in [0.25, 0.3) is 0 Å². The quantitative estimate of drug-likeness (QED) is 0.885. The van der Waals surface area contributed by atoms with Crippen molar-refractivity contribution in [1.82, 2.24) is 0 Å². The van der Waals surface area contributed by atoms with Gasteiger partial charge in [-0.1, -0.05) is 12.1 Å². The lowest BCUT2D eigenvalue weighted by Gasteiger charge is -2.30. The third-order valence-electron chi connectivity index (χ3n) is 3.07. The monoisotopic (exact) mass is 269 g/mol. The molecule has 1 aliphatic rings. The van der Waals surface area contributed by atoms with Crippen LogP contribution in [0.2, 0.25) is 0 Å². The van der Waals surface area contributed by atoms with Crippen LogP contribution in [0.5, 0.6) is 0 Å². The van der Waals surface area contributed by atoms with Gasteiger partial charge < -0.3 is 5.11 Å². The van der Waals surface area contributed by atoms with Gasteiger partial charge in [0.1, 0.15) is 0 Å². The molecular formula is C12H15NO4S. The lowest BCUT2D eigenvalue weighted by atomic mass is 10.1. The highest BCUT2D eigenvalue weighted by molar-refractivity contribution is 7.92. The van der Waals surface area contributed by atoms with Gasteiger partial charge in [0.05, 0.1) is 17.0 Å². The Bertz CT molecular complexity index is 580. The molecule has 0 radical (unpaired) electrons. The van der Waals surface area contributed by atoms with Crippen LogP contribution in [-0.4, -0.2) is 31.8 Å². The Hall–Kier alpha value is -1.56. The zero-order chi connectivity index (χ0) is 13.3. The molecule has 0 spiro atoms. The SMILES string of the molecule is Cc1cccc(C(=O)O)c1N1CCCCS1(=O)=O. The van der Waals surface area contributed by atoms with Crippen LogP contribution in [-0.2, 0) is 10.0 Å². The summed E-state index contributed by atoms with van der Waals surface area (Å²) in [6.45, 7) is 2.08. The van der Waals surface area contributed by atoms with Crippen LogP contribution in [0.1, 0.15) is 28.8 Å². The maximum absolute atomic E-state index is 12.0. The number of benzene rings is 1. The molecule has 0 amide bonds. The van der Waals surface area contributed by atoms with Crippen LogP contribution in [0.15, 0.2) is 18.2 Å². The van der Waals surface area contributed by atoms with Gasteiger partial charge >= 0.3 is 5.97 Å². The summed E-state index contributed by atoms with van der Waals surface area (Å²) in [5.74, 6) is -1.02. The van der Waals surface area contributed by atoms with E-state index in [0.717, 1.165) is 6.42 Å². The van der Waals surface area contributed by atoms with E-state index in [2.05, 4.69) is 0 Å². The molecule has 0 atom stereocenters. The Morgan fingerprint density at radius 2 is 2.06 bits per heavy atom. The van der Waals surface area contributed by atoms with Gasteiger partial charge in [-0.25, -0.2) is 13.2 Å². The molecule has 0 bridgehead atoms. The second-order valence-corrected chi connectivity index (χ2v) is 6.38. The number of carboxylic acid groups (broad SMARTS) is 1. The van der Waals surface area contributed by atoms with Gasteiger partial charge in [-0.3, -0.25) is 4.31 Å². The maximum atomic E-state index is 12.0. The van der Waals surface area contributed by atoms with Crippen molar-refractivity contribution in [1.29, 1.82) is 0 Å². The normalized spacial score (nSPS) is 18.6. The Morgan fingerprint density at radius 1 is 1.33 bits per heavy atom. The highest BCUT2D eigenvalue weighted by Gasteiger charge is 2.30. The molecule has 5 nitrogen and oxygen atoms in total. The van der Waals surface area contributed by atoms with E-state index in [0.29, 0.717) is 24.2 Å². The molecular weight excluding hydrogens is 254 g/mol. The number of anilines is 1. The first-order valence-corrected chi connectivity index (χ1v) is 7.38. The van der Waals surface area contributed by atoms with E-state index in [-0.39, 0.29) is 11.3 Å². The molecule has 0 unspecified atom stereocenters. The van der Waals surface area contributed by atoms with Gasteiger partial charge in [0.2, 0.25) is 10.0 Å². The van der Waals surface area contributed by atoms with Gasteiger partial charge in [0.15, 0.2) is 0 Å². The minimum absolute atomic E-state index is 0.0421. The number of nitrogens with zero attached hydrogens (tertiary/aromatic N) is 1. The fraction of sp³-hybridized carbons (Fsp3) is 0.417. The van der Waals surface area contributed by atoms with Gasteiger partial charge in [-0.2, -0.15) is 0 Å². The Kier molecular flexibility index (Phi) is 3.30. The number of carboxylic acids is 1. The highest BCUT2D eigenvalue weighted by Crippen LogP contribution is 2.30. The average Bonchev–Trinajstić information content (AvgIpc) is 2.29. The molecule has 98 valence electrons. The summed E-state index contributed by atoms with van der Waals surface area (Å²) in [5, 5.41) is 9.17. The first kappa shape index (κ1) is 12.9. The smallest absolute Gasteiger partial charge is 0.337 e. The number of hydrogen-bond donors (Lipinski definition) is 1. The molecule has 1 aliphatic heterocycles. The van der Waals surface area contributed by atoms with Crippen molar-refractivity contribution >= 4 is 21.7 Å². The summed E-state index contributed by atoms with van der Waals surface area (Å²) < 4.78 is 25.3. The standard InChI is InChI=1S/C12H15NO4S/c1-9-5-4-6-10(12(14)15)11(9)13-7-2-3-8-18(13,16)17/h4-6H,2-3,7-8H2,1H3,(H,14,15). The number of para-hydroxylation sites is 1. The van der Waals surface area contributed by atoms with Crippen LogP contribution >= 0.6 is 0 Å². The van der Waals surface area contributed by atoms with Crippen molar-refractivity contribution in [2.75, 3.05) is 16.6 Å². The van der Waals surface area contributed by atoms with Crippen LogP contribution in [0.3, 0.4) is 0 Å². The molecule has 1 aromatic rings. The lowest BCUT2D eigenvalue weighted by molar-refractivity contribution is 0.0697. The van der Waals surface area contributed by atoms with Crippen molar-refractivity contribution in [2.24, 2.45) is 0 Å². The summed E-state index contributed by atoms with van der Waals surface area (Å²) in [5.41, 5.74) is 1.02. The van der Waals surface area contributed by atoms with Crippen molar-refractivity contribution in [3.05, 3.63) is 29.3 Å². The molecule has 2 rings (SSSR count). The lowest BCUT2D eigenvalue weighted by Crippen LogP contribution is -2.39. The highest BCUT2D eigenvalue weighted by atomic mass is 32.2. The first-order valence-electron chi connectivity index (χ1n) is 5.77. The fourth-order valence-electron chi connectivity index (χ4n) is 2.20. The zero-order valence-corrected chi connectivity index (χ0v) is 10.9. The summed E-state index contributed by atoms with van der Waals surface area (Å²) in [6, 6.07) is 4.79. The van der Waals surface area contributed by atoms with E-state index in [4.69, 9.17) is 5.11 Å². The van der Waals surface area contributed by atoms with Crippen LogP contribution < -0.4 is 4.31 Å². The Balaban J connectivity index is 2.59. The molecule has 1 fully saturated rings. The minimum atomic E-state index is -3.39. The van der Waals surface area contributed by atoms with Gasteiger partial charge in [-0.05, 0) is 31.4 Å². The second-order valence-electron chi connectivity index (χ2n) is 4.37. The van der Waals surface area contributed by atoms with E-state index < -0.39 is 16.0 Å². The van der Waals surface area contributed by atoms with E-state index in [9.17, 15) is 13.2 Å². The largest absolute Gasteiger partial charge is 0.478 e. The van der Waals surface area contributed by atoms with E-state index >= 15 is 0 Å². The molecule has 1 N–H and O–H groups in total. The van der Waals surface area contributed by atoms with E-state index in [1.54, 1.807) is 19.1 Å². The van der Waals surface area contributed by atoms with Crippen LogP contribution in [0, 0.1) is 6.92 Å². The first-order chi connectivity index (χ1) is 8.43. The van der Waals surface area contributed by atoms with Crippen molar-refractivity contribution in [2.45, 2.75) is 19.8 Å². The van der Waals surface area contributed by atoms with Gasteiger partial charge in [0, 0.05) is 6.54 Å². The summed E-state index contributed by atoms with van der Waals surface area (Å²) in [4.78, 5) is 11.2. The summed E-state index contributed by atoms with van der Waals surface area (Å²) >= 11 is 0. The van der Waals surface area contributed by atoms with E-state index in [1.165, 1.54) is 10.4 Å². The summed E-state index contributed by atoms with van der Waals surface area (Å²) in [6.07, 6.45) is 1.39. The molecule has 0 aromatic heterocycles. The number of sulfonamides is 1. The fourth-order valence-corrected chi connectivity index (χ4v) is 3.92. The second kappa shape index (κ2) is 4.61. The zero-order valence-electron chi connectivity index (χ0n) is 10.1. The Labute approximate surface area is 106 Å². The number of aryl methyl sites for hydroxylation is 1. The molecule has 6 heteroatoms. The molecule has 0 aliphatic carbocycles. The number of rotatable bonds is 2. The van der Waals surface area contributed by atoms with Crippen molar-refractivity contribution in [3.63, 3.8) is 0 Å². The third kappa shape index (κ3) is 2.20. The third-order valence-corrected chi connectivity index (χ3v) is 4.91. The van der Waals surface area contributed by atoms with Gasteiger partial charge in [-0.15, -0.1) is 0 Å². The number of aromatic carboxylic acids is 1. The predicted molar refractivity (Wildman–Crippen MR) is 68.5 cm³/mol. The number of hydrogen-bond acceptors (Lipinski definition) is 3. The molecule has 1 aromatic carbocycles. The van der Waals surface area contributed by atoms with Crippen molar-refractivity contribution < 1.29 is 18.3 Å². The summed E-state index contributed by atoms with van der Waals surface area (Å²) in [7, 11) is -3.39. The minimum Gasteiger partial charge on any atom is -0.478 e. The maximum Gasteiger partial charge on any atom is 0.337 e. The topological polar surface area (TPSA) is 74.7 Å².